The van der Waals surface area contributed by atoms with Crippen LogP contribution in [0.2, 0.25) is 5.02 Å². The number of aromatic nitrogens is 1. The molecule has 4 rings (SSSR count). The van der Waals surface area contributed by atoms with E-state index in [1.54, 1.807) is 37.3 Å². The third kappa shape index (κ3) is 3.60. The summed E-state index contributed by atoms with van der Waals surface area (Å²) in [4.78, 5) is 13.7. The molecule has 0 aliphatic rings. The summed E-state index contributed by atoms with van der Waals surface area (Å²) in [7, 11) is 0. The number of furan rings is 1. The normalized spacial score (nSPS) is 13.2. The van der Waals surface area contributed by atoms with Gasteiger partial charge in [-0.2, -0.15) is 0 Å². The van der Waals surface area contributed by atoms with Crippen molar-refractivity contribution in [3.8, 4) is 11.3 Å². The minimum Gasteiger partial charge on any atom is -0.472 e. The molecule has 4 aromatic rings. The zero-order valence-corrected chi connectivity index (χ0v) is 17.0. The zero-order chi connectivity index (χ0) is 20.4. The van der Waals surface area contributed by atoms with Gasteiger partial charge >= 0.3 is 0 Å². The highest BCUT2D eigenvalue weighted by molar-refractivity contribution is 7.10. The van der Waals surface area contributed by atoms with Gasteiger partial charge in [0.2, 0.25) is 0 Å². The first-order chi connectivity index (χ1) is 14.0. The Bertz CT molecular complexity index is 1090. The number of aliphatic hydroxyl groups is 1. The maximum Gasteiger partial charge on any atom is 0.257 e. The van der Waals surface area contributed by atoms with Gasteiger partial charge in [-0.05, 0) is 30.5 Å². The van der Waals surface area contributed by atoms with Gasteiger partial charge < -0.3 is 19.4 Å². The fourth-order valence-corrected chi connectivity index (χ4v) is 4.19. The molecule has 29 heavy (non-hydrogen) atoms. The van der Waals surface area contributed by atoms with Crippen molar-refractivity contribution in [2.24, 2.45) is 0 Å². The zero-order valence-electron chi connectivity index (χ0n) is 15.4. The van der Waals surface area contributed by atoms with Crippen LogP contribution < -0.4 is 5.32 Å². The summed E-state index contributed by atoms with van der Waals surface area (Å²) < 4.78 is 10.4. The van der Waals surface area contributed by atoms with Gasteiger partial charge in [0.1, 0.15) is 22.6 Å². The van der Waals surface area contributed by atoms with Gasteiger partial charge in [0.15, 0.2) is 0 Å². The number of hydrogen-bond acceptors (Lipinski definition) is 6. The van der Waals surface area contributed by atoms with Crippen molar-refractivity contribution in [2.75, 3.05) is 6.54 Å². The van der Waals surface area contributed by atoms with Crippen LogP contribution in [-0.2, 0) is 5.60 Å². The summed E-state index contributed by atoms with van der Waals surface area (Å²) in [6, 6.07) is 12.4. The lowest BCUT2D eigenvalue weighted by molar-refractivity contribution is 0.0713. The molecule has 0 unspecified atom stereocenters. The number of hydrogen-bond donors (Lipinski definition) is 2. The van der Waals surface area contributed by atoms with E-state index in [0.29, 0.717) is 32.5 Å². The monoisotopic (exact) mass is 428 g/mol. The fraction of sp³-hybridized carbons (Fsp3) is 0.143. The average molecular weight is 429 g/mol. The molecular weight excluding hydrogens is 412 g/mol. The Balaban J connectivity index is 1.64. The summed E-state index contributed by atoms with van der Waals surface area (Å²) in [6.07, 6.45) is 2.95. The van der Waals surface area contributed by atoms with Crippen molar-refractivity contribution in [3.63, 3.8) is 0 Å². The number of halogens is 1. The van der Waals surface area contributed by atoms with Crippen molar-refractivity contribution >= 4 is 28.8 Å². The number of amides is 1. The first-order valence-electron chi connectivity index (χ1n) is 8.79. The maximum absolute atomic E-state index is 13.0. The molecule has 0 radical (unpaired) electrons. The molecule has 0 aliphatic carbocycles. The molecule has 0 bridgehead atoms. The smallest absolute Gasteiger partial charge is 0.257 e. The van der Waals surface area contributed by atoms with E-state index in [4.69, 9.17) is 20.5 Å². The summed E-state index contributed by atoms with van der Waals surface area (Å²) in [5.74, 6) is -0.0578. The number of carbonyl (C=O) groups excluding carboxylic acids is 1. The largest absolute Gasteiger partial charge is 0.472 e. The second-order valence-corrected chi connectivity index (χ2v) is 7.83. The molecule has 0 fully saturated rings. The van der Waals surface area contributed by atoms with Gasteiger partial charge in [0.05, 0.1) is 24.1 Å². The van der Waals surface area contributed by atoms with E-state index in [1.165, 1.54) is 23.9 Å². The number of thiophene rings is 1. The second kappa shape index (κ2) is 7.87. The molecule has 0 saturated heterocycles. The number of benzene rings is 1. The molecule has 148 valence electrons. The number of aryl methyl sites for hydroxylation is 1. The van der Waals surface area contributed by atoms with Crippen LogP contribution in [-0.4, -0.2) is 22.7 Å². The lowest BCUT2D eigenvalue weighted by atomic mass is 9.94. The Morgan fingerprint density at radius 1 is 1.28 bits per heavy atom. The van der Waals surface area contributed by atoms with Crippen LogP contribution in [0.4, 0.5) is 0 Å². The summed E-state index contributed by atoms with van der Waals surface area (Å²) in [6.45, 7) is 1.60. The number of rotatable bonds is 6. The fourth-order valence-electron chi connectivity index (χ4n) is 3.12. The van der Waals surface area contributed by atoms with Crippen molar-refractivity contribution in [2.45, 2.75) is 12.5 Å². The maximum atomic E-state index is 13.0. The molecule has 2 N–H and O–H groups in total. The highest BCUT2D eigenvalue weighted by atomic mass is 35.5. The van der Waals surface area contributed by atoms with Crippen LogP contribution in [0.3, 0.4) is 0 Å². The first kappa shape index (κ1) is 19.4. The Kier molecular flexibility index (Phi) is 5.27. The molecule has 3 aromatic heterocycles. The lowest BCUT2D eigenvalue weighted by Crippen LogP contribution is -2.41. The van der Waals surface area contributed by atoms with Gasteiger partial charge in [-0.15, -0.1) is 11.3 Å². The lowest BCUT2D eigenvalue weighted by Gasteiger charge is -2.26. The molecule has 6 nitrogen and oxygen atoms in total. The van der Waals surface area contributed by atoms with Crippen molar-refractivity contribution in [1.29, 1.82) is 0 Å². The summed E-state index contributed by atoms with van der Waals surface area (Å²) in [5, 5.41) is 20.5. The summed E-state index contributed by atoms with van der Waals surface area (Å²) in [5.41, 5.74) is 0.354. The van der Waals surface area contributed by atoms with Crippen LogP contribution >= 0.6 is 22.9 Å². The van der Waals surface area contributed by atoms with Gasteiger partial charge in [-0.3, -0.25) is 4.79 Å². The summed E-state index contributed by atoms with van der Waals surface area (Å²) >= 11 is 7.66. The van der Waals surface area contributed by atoms with E-state index >= 15 is 0 Å². The van der Waals surface area contributed by atoms with Crippen LogP contribution in [0.15, 0.2) is 69.3 Å². The van der Waals surface area contributed by atoms with Gasteiger partial charge in [0.25, 0.3) is 5.91 Å². The molecule has 0 saturated carbocycles. The SMILES string of the molecule is Cc1onc(-c2ccccc2Cl)c1C(=O)NC[C@](O)(c1ccoc1)c1cccs1. The van der Waals surface area contributed by atoms with Crippen molar-refractivity contribution in [3.05, 3.63) is 87.2 Å². The predicted molar refractivity (Wildman–Crippen MR) is 110 cm³/mol. The Hall–Kier alpha value is -2.87. The third-order valence-corrected chi connectivity index (χ3v) is 6.00. The van der Waals surface area contributed by atoms with Crippen LogP contribution in [0, 0.1) is 6.92 Å². The van der Waals surface area contributed by atoms with Crippen LogP contribution in [0.5, 0.6) is 0 Å². The molecule has 0 aliphatic heterocycles. The molecule has 1 atom stereocenters. The van der Waals surface area contributed by atoms with Gasteiger partial charge in [0, 0.05) is 16.0 Å². The van der Waals surface area contributed by atoms with E-state index in [-0.39, 0.29) is 12.1 Å². The van der Waals surface area contributed by atoms with E-state index in [0.717, 1.165) is 0 Å². The molecule has 1 amide bonds. The third-order valence-electron chi connectivity index (χ3n) is 4.65. The minimum atomic E-state index is -1.42. The van der Waals surface area contributed by atoms with Crippen molar-refractivity contribution < 1.29 is 18.8 Å². The van der Waals surface area contributed by atoms with Crippen LogP contribution in [0.25, 0.3) is 11.3 Å². The highest BCUT2D eigenvalue weighted by Crippen LogP contribution is 2.34. The standard InChI is InChI=1S/C21H17ClN2O4S/c1-13-18(19(24-28-13)15-5-2-3-6-16(15)22)20(25)23-12-21(26,14-8-9-27-11-14)17-7-4-10-29-17/h2-11,26H,12H2,1H3,(H,23,25)/t21-/m0/s1. The topological polar surface area (TPSA) is 88.5 Å². The average Bonchev–Trinajstić information content (AvgIpc) is 3.47. The minimum absolute atomic E-state index is 0.0571. The number of nitrogens with one attached hydrogen (secondary N) is 1. The van der Waals surface area contributed by atoms with E-state index < -0.39 is 11.5 Å². The molecule has 0 spiro atoms. The Labute approximate surface area is 175 Å². The molecule has 1 aromatic carbocycles. The van der Waals surface area contributed by atoms with E-state index in [1.807, 2.05) is 17.5 Å². The number of nitrogens with zero attached hydrogens (tertiary/aromatic N) is 1. The first-order valence-corrected chi connectivity index (χ1v) is 10.0. The predicted octanol–water partition coefficient (Wildman–Crippen LogP) is 4.62. The molecule has 3 heterocycles. The van der Waals surface area contributed by atoms with Gasteiger partial charge in [-0.25, -0.2) is 0 Å². The number of carbonyl (C=O) groups is 1. The van der Waals surface area contributed by atoms with E-state index in [9.17, 15) is 9.90 Å². The van der Waals surface area contributed by atoms with Gasteiger partial charge in [-0.1, -0.05) is 41.0 Å². The van der Waals surface area contributed by atoms with Crippen LogP contribution in [0.1, 0.15) is 26.6 Å². The molecule has 8 heteroatoms. The quantitative estimate of drug-likeness (QED) is 0.467. The molecular formula is C21H17ClN2O4S. The van der Waals surface area contributed by atoms with E-state index in [2.05, 4.69) is 10.5 Å². The second-order valence-electron chi connectivity index (χ2n) is 6.47. The highest BCUT2D eigenvalue weighted by Gasteiger charge is 2.35. The Morgan fingerprint density at radius 2 is 2.10 bits per heavy atom. The Morgan fingerprint density at radius 3 is 2.79 bits per heavy atom. The van der Waals surface area contributed by atoms with Crippen molar-refractivity contribution in [1.82, 2.24) is 10.5 Å².